The first-order chi connectivity index (χ1) is 10.9. The van der Waals surface area contributed by atoms with Gasteiger partial charge in [-0.3, -0.25) is 9.59 Å². The number of hydrogen-bond donors (Lipinski definition) is 2. The van der Waals surface area contributed by atoms with Crippen LogP contribution in [0.4, 0.5) is 0 Å². The van der Waals surface area contributed by atoms with Crippen LogP contribution in [-0.4, -0.2) is 56.2 Å². The van der Waals surface area contributed by atoms with Crippen molar-refractivity contribution in [2.45, 2.75) is 5.37 Å². The van der Waals surface area contributed by atoms with Gasteiger partial charge in [-0.25, -0.2) is 0 Å². The molecule has 1 atom stereocenters. The molecule has 0 spiro atoms. The molecule has 0 radical (unpaired) electrons. The molecule has 5 nitrogen and oxygen atoms in total. The SMILES string of the molecule is C[NH+](C)CCNC(=O)CN1C(=O)CS[C@H]1c1ccc(Cl)c(Cl)c1. The molecule has 1 aliphatic heterocycles. The van der Waals surface area contributed by atoms with E-state index in [2.05, 4.69) is 5.32 Å². The maximum absolute atomic E-state index is 12.1. The summed E-state index contributed by atoms with van der Waals surface area (Å²) in [7, 11) is 4.04. The van der Waals surface area contributed by atoms with Crippen LogP contribution >= 0.6 is 35.0 Å². The normalized spacial score (nSPS) is 17.9. The van der Waals surface area contributed by atoms with E-state index >= 15 is 0 Å². The van der Waals surface area contributed by atoms with Crippen LogP contribution in [0, 0.1) is 0 Å². The maximum atomic E-state index is 12.1. The number of carbonyl (C=O) groups is 2. The number of thioether (sulfide) groups is 1. The predicted molar refractivity (Wildman–Crippen MR) is 94.1 cm³/mol. The Morgan fingerprint density at radius 2 is 2.13 bits per heavy atom. The van der Waals surface area contributed by atoms with Crippen molar-refractivity contribution < 1.29 is 14.5 Å². The number of benzene rings is 1. The van der Waals surface area contributed by atoms with E-state index < -0.39 is 0 Å². The lowest BCUT2D eigenvalue weighted by molar-refractivity contribution is -0.856. The molecule has 1 heterocycles. The van der Waals surface area contributed by atoms with Crippen molar-refractivity contribution in [2.24, 2.45) is 0 Å². The number of amides is 2. The van der Waals surface area contributed by atoms with E-state index in [0.29, 0.717) is 22.3 Å². The van der Waals surface area contributed by atoms with E-state index in [1.54, 1.807) is 17.0 Å². The van der Waals surface area contributed by atoms with Crippen molar-refractivity contribution in [3.05, 3.63) is 33.8 Å². The third kappa shape index (κ3) is 5.01. The molecule has 0 saturated carbocycles. The topological polar surface area (TPSA) is 53.9 Å². The van der Waals surface area contributed by atoms with Crippen molar-refractivity contribution in [3.8, 4) is 0 Å². The Kier molecular flexibility index (Phi) is 6.59. The van der Waals surface area contributed by atoms with Crippen LogP contribution in [0.25, 0.3) is 0 Å². The largest absolute Gasteiger partial charge is 0.349 e. The lowest BCUT2D eigenvalue weighted by Gasteiger charge is -2.24. The van der Waals surface area contributed by atoms with Crippen LogP contribution in [0.5, 0.6) is 0 Å². The number of quaternary nitrogens is 1. The van der Waals surface area contributed by atoms with Crippen LogP contribution in [0.3, 0.4) is 0 Å². The van der Waals surface area contributed by atoms with Gasteiger partial charge in [0.2, 0.25) is 11.8 Å². The second-order valence-electron chi connectivity index (χ2n) is 5.67. The van der Waals surface area contributed by atoms with Crippen molar-refractivity contribution in [1.29, 1.82) is 0 Å². The minimum atomic E-state index is -0.206. The summed E-state index contributed by atoms with van der Waals surface area (Å²) in [5, 5.41) is 3.56. The van der Waals surface area contributed by atoms with Gasteiger partial charge >= 0.3 is 0 Å². The number of nitrogens with zero attached hydrogens (tertiary/aromatic N) is 1. The van der Waals surface area contributed by atoms with Gasteiger partial charge in [-0.15, -0.1) is 11.8 Å². The molecule has 2 rings (SSSR count). The number of halogens is 2. The summed E-state index contributed by atoms with van der Waals surface area (Å²) < 4.78 is 0. The smallest absolute Gasteiger partial charge is 0.239 e. The first-order valence-electron chi connectivity index (χ1n) is 7.30. The number of hydrogen-bond acceptors (Lipinski definition) is 3. The summed E-state index contributed by atoms with van der Waals surface area (Å²) in [6.45, 7) is 1.48. The quantitative estimate of drug-likeness (QED) is 0.772. The van der Waals surface area contributed by atoms with Gasteiger partial charge in [-0.05, 0) is 17.7 Å². The summed E-state index contributed by atoms with van der Waals surface area (Å²) in [5.74, 6) is 0.173. The van der Waals surface area contributed by atoms with Crippen molar-refractivity contribution in [3.63, 3.8) is 0 Å². The zero-order valence-corrected chi connectivity index (χ0v) is 15.4. The highest BCUT2D eigenvalue weighted by Crippen LogP contribution is 2.40. The molecule has 0 aliphatic carbocycles. The van der Waals surface area contributed by atoms with Gasteiger partial charge in [0.05, 0.1) is 43.0 Å². The zero-order valence-electron chi connectivity index (χ0n) is 13.1. The molecule has 1 aromatic carbocycles. The van der Waals surface area contributed by atoms with E-state index in [-0.39, 0.29) is 23.7 Å². The number of likely N-dealkylation sites (N-methyl/N-ethyl adjacent to an activating group) is 1. The molecule has 2 N–H and O–H groups in total. The Labute approximate surface area is 150 Å². The van der Waals surface area contributed by atoms with Crippen LogP contribution in [0.1, 0.15) is 10.9 Å². The highest BCUT2D eigenvalue weighted by atomic mass is 35.5. The summed E-state index contributed by atoms with van der Waals surface area (Å²) in [4.78, 5) is 27.0. The average Bonchev–Trinajstić information content (AvgIpc) is 2.83. The minimum absolute atomic E-state index is 0.0422. The van der Waals surface area contributed by atoms with Gasteiger partial charge in [0.25, 0.3) is 0 Å². The molecule has 2 amide bonds. The highest BCUT2D eigenvalue weighted by Gasteiger charge is 2.34. The monoisotopic (exact) mass is 376 g/mol. The molecule has 23 heavy (non-hydrogen) atoms. The summed E-state index contributed by atoms with van der Waals surface area (Å²) in [6, 6.07) is 5.30. The third-order valence-corrected chi connectivity index (χ3v) is 5.45. The number of rotatable bonds is 6. The van der Waals surface area contributed by atoms with E-state index in [4.69, 9.17) is 23.2 Å². The van der Waals surface area contributed by atoms with Crippen LogP contribution in [-0.2, 0) is 9.59 Å². The number of carbonyl (C=O) groups excluding carboxylic acids is 2. The van der Waals surface area contributed by atoms with Gasteiger partial charge in [-0.1, -0.05) is 29.3 Å². The molecule has 0 bridgehead atoms. The minimum Gasteiger partial charge on any atom is -0.349 e. The van der Waals surface area contributed by atoms with Crippen LogP contribution in [0.2, 0.25) is 10.0 Å². The second kappa shape index (κ2) is 8.24. The molecule has 8 heteroatoms. The molecule has 1 saturated heterocycles. The maximum Gasteiger partial charge on any atom is 0.239 e. The van der Waals surface area contributed by atoms with Crippen molar-refractivity contribution >= 4 is 46.8 Å². The third-order valence-electron chi connectivity index (χ3n) is 3.46. The van der Waals surface area contributed by atoms with Gasteiger partial charge in [0.1, 0.15) is 11.9 Å². The zero-order chi connectivity index (χ0) is 17.0. The van der Waals surface area contributed by atoms with Gasteiger partial charge in [-0.2, -0.15) is 0 Å². The molecular weight excluding hydrogens is 357 g/mol. The fourth-order valence-corrected chi connectivity index (χ4v) is 3.71. The Hall–Kier alpha value is -0.950. The van der Waals surface area contributed by atoms with Crippen LogP contribution in [0.15, 0.2) is 18.2 Å². The first kappa shape index (κ1) is 18.4. The Bertz CT molecular complexity index is 598. The molecule has 0 unspecified atom stereocenters. The summed E-state index contributed by atoms with van der Waals surface area (Å²) in [5.41, 5.74) is 0.876. The lowest BCUT2D eigenvalue weighted by atomic mass is 10.2. The van der Waals surface area contributed by atoms with Crippen molar-refractivity contribution in [2.75, 3.05) is 39.5 Å². The molecule has 126 valence electrons. The first-order valence-corrected chi connectivity index (χ1v) is 9.10. The Morgan fingerprint density at radius 1 is 1.39 bits per heavy atom. The molecule has 1 aliphatic rings. The lowest BCUT2D eigenvalue weighted by Crippen LogP contribution is -3.06. The Morgan fingerprint density at radius 3 is 2.78 bits per heavy atom. The molecule has 0 aromatic heterocycles. The summed E-state index contributed by atoms with van der Waals surface area (Å²) in [6.07, 6.45) is 0. The summed E-state index contributed by atoms with van der Waals surface area (Å²) >= 11 is 13.5. The second-order valence-corrected chi connectivity index (χ2v) is 7.55. The van der Waals surface area contributed by atoms with Gasteiger partial charge < -0.3 is 15.1 Å². The van der Waals surface area contributed by atoms with Crippen molar-refractivity contribution in [1.82, 2.24) is 10.2 Å². The fraction of sp³-hybridized carbons (Fsp3) is 0.467. The van der Waals surface area contributed by atoms with E-state index in [1.165, 1.54) is 16.7 Å². The van der Waals surface area contributed by atoms with Crippen LogP contribution < -0.4 is 10.2 Å². The Balaban J connectivity index is 2.01. The average molecular weight is 377 g/mol. The fourth-order valence-electron chi connectivity index (χ4n) is 2.23. The van der Waals surface area contributed by atoms with E-state index in [1.807, 2.05) is 20.2 Å². The molecular formula is C15H20Cl2N3O2S+. The number of nitrogens with one attached hydrogen (secondary N) is 2. The standard InChI is InChI=1S/C15H19Cl2N3O2S/c1-19(2)6-5-18-13(21)8-20-14(22)9-23-15(20)10-3-4-11(16)12(17)7-10/h3-4,7,15H,5-6,8-9H2,1-2H3,(H,18,21)/p+1/t15-/m0/s1. The molecule has 1 fully saturated rings. The van der Waals surface area contributed by atoms with E-state index in [9.17, 15) is 9.59 Å². The van der Waals surface area contributed by atoms with E-state index in [0.717, 1.165) is 12.1 Å². The molecule has 1 aromatic rings. The predicted octanol–water partition coefficient (Wildman–Crippen LogP) is 0.828. The van der Waals surface area contributed by atoms with Gasteiger partial charge in [0.15, 0.2) is 0 Å². The van der Waals surface area contributed by atoms with Gasteiger partial charge in [0, 0.05) is 0 Å². The highest BCUT2D eigenvalue weighted by molar-refractivity contribution is 8.00.